The molecule has 0 amide bonds. The van der Waals surface area contributed by atoms with E-state index in [0.29, 0.717) is 5.82 Å². The van der Waals surface area contributed by atoms with Crippen LogP contribution in [0.3, 0.4) is 0 Å². The Hall–Kier alpha value is -2.36. The Balaban J connectivity index is 2.22. The average molecular weight is 224 g/mol. The number of hydrogen-bond donors (Lipinski definition) is 1. The Kier molecular flexibility index (Phi) is 2.08. The highest BCUT2D eigenvalue weighted by atomic mass is 14.9. The molecule has 0 aromatic carbocycles. The number of nitrogens with zero attached hydrogens (tertiary/aromatic N) is 3. The second-order valence-electron chi connectivity index (χ2n) is 4.04. The van der Waals surface area contributed by atoms with Gasteiger partial charge in [-0.25, -0.2) is 4.98 Å². The Morgan fingerprint density at radius 2 is 2.12 bits per heavy atom. The first-order valence-electron chi connectivity index (χ1n) is 5.39. The van der Waals surface area contributed by atoms with E-state index in [2.05, 4.69) is 9.97 Å². The summed E-state index contributed by atoms with van der Waals surface area (Å²) in [5.41, 5.74) is 9.78. The van der Waals surface area contributed by atoms with Gasteiger partial charge in [0, 0.05) is 24.2 Å². The third kappa shape index (κ3) is 1.63. The van der Waals surface area contributed by atoms with Crippen LogP contribution in [-0.4, -0.2) is 14.4 Å². The van der Waals surface area contributed by atoms with E-state index >= 15 is 0 Å². The van der Waals surface area contributed by atoms with Crippen LogP contribution in [0.2, 0.25) is 0 Å². The van der Waals surface area contributed by atoms with E-state index in [1.807, 2.05) is 48.1 Å². The highest BCUT2D eigenvalue weighted by Crippen LogP contribution is 2.22. The smallest absolute Gasteiger partial charge is 0.123 e. The second-order valence-corrected chi connectivity index (χ2v) is 4.04. The minimum Gasteiger partial charge on any atom is -0.384 e. The van der Waals surface area contributed by atoms with Gasteiger partial charge in [0.15, 0.2) is 0 Å². The molecule has 4 nitrogen and oxygen atoms in total. The van der Waals surface area contributed by atoms with Gasteiger partial charge in [-0.2, -0.15) is 0 Å². The van der Waals surface area contributed by atoms with Gasteiger partial charge in [-0.1, -0.05) is 0 Å². The van der Waals surface area contributed by atoms with E-state index in [1.165, 1.54) is 0 Å². The lowest BCUT2D eigenvalue weighted by atomic mass is 10.1. The van der Waals surface area contributed by atoms with Gasteiger partial charge in [0.2, 0.25) is 0 Å². The monoisotopic (exact) mass is 224 g/mol. The molecule has 3 rings (SSSR count). The van der Waals surface area contributed by atoms with Gasteiger partial charge in [0.1, 0.15) is 5.82 Å². The molecule has 0 aliphatic rings. The fourth-order valence-corrected chi connectivity index (χ4v) is 1.89. The third-order valence-electron chi connectivity index (χ3n) is 2.81. The molecule has 3 heterocycles. The fraction of sp³-hybridized carbons (Fsp3) is 0.0769. The standard InChI is InChI=1S/C13H12N4/c1-9-6-16-13(14)5-11(9)12-8-17-4-2-3-10(17)7-15-12/h2-8H,1H3,(H2,14,16). The zero-order chi connectivity index (χ0) is 11.8. The van der Waals surface area contributed by atoms with E-state index in [4.69, 9.17) is 5.73 Å². The number of fused-ring (bicyclic) bond motifs is 1. The van der Waals surface area contributed by atoms with Crippen LogP contribution in [0.4, 0.5) is 5.82 Å². The summed E-state index contributed by atoms with van der Waals surface area (Å²) in [6.45, 7) is 2.00. The number of hydrogen-bond acceptors (Lipinski definition) is 3. The van der Waals surface area contributed by atoms with Crippen LogP contribution in [-0.2, 0) is 0 Å². The summed E-state index contributed by atoms with van der Waals surface area (Å²) in [6, 6.07) is 5.87. The number of anilines is 1. The predicted molar refractivity (Wildman–Crippen MR) is 67.6 cm³/mol. The normalized spacial score (nSPS) is 10.9. The van der Waals surface area contributed by atoms with Crippen LogP contribution >= 0.6 is 0 Å². The zero-order valence-corrected chi connectivity index (χ0v) is 9.46. The summed E-state index contributed by atoms with van der Waals surface area (Å²) >= 11 is 0. The molecule has 0 spiro atoms. The van der Waals surface area contributed by atoms with Crippen molar-refractivity contribution in [3.05, 3.63) is 48.5 Å². The zero-order valence-electron chi connectivity index (χ0n) is 9.46. The Labute approximate surface area is 98.8 Å². The molecule has 3 aromatic heterocycles. The van der Waals surface area contributed by atoms with Crippen LogP contribution in [0, 0.1) is 6.92 Å². The first-order chi connectivity index (χ1) is 8.24. The lowest BCUT2D eigenvalue weighted by Gasteiger charge is -2.06. The number of pyridine rings is 1. The highest BCUT2D eigenvalue weighted by Gasteiger charge is 2.05. The van der Waals surface area contributed by atoms with Crippen molar-refractivity contribution in [1.29, 1.82) is 0 Å². The molecule has 0 aliphatic heterocycles. The molecule has 4 heteroatoms. The lowest BCUT2D eigenvalue weighted by Crippen LogP contribution is -1.95. The van der Waals surface area contributed by atoms with Gasteiger partial charge in [-0.3, -0.25) is 4.98 Å². The van der Waals surface area contributed by atoms with Crippen molar-refractivity contribution in [2.45, 2.75) is 6.92 Å². The maximum atomic E-state index is 5.71. The maximum Gasteiger partial charge on any atom is 0.123 e. The van der Waals surface area contributed by atoms with Gasteiger partial charge >= 0.3 is 0 Å². The molecule has 17 heavy (non-hydrogen) atoms. The number of nitrogens with two attached hydrogens (primary N) is 1. The number of aryl methyl sites for hydroxylation is 1. The minimum atomic E-state index is 0.514. The van der Waals surface area contributed by atoms with Gasteiger partial charge in [0.25, 0.3) is 0 Å². The number of aromatic nitrogens is 3. The van der Waals surface area contributed by atoms with Crippen LogP contribution in [0.25, 0.3) is 16.8 Å². The SMILES string of the molecule is Cc1cnc(N)cc1-c1cn2cccc2cn1. The molecular formula is C13H12N4. The first kappa shape index (κ1) is 9.84. The van der Waals surface area contributed by atoms with Crippen LogP contribution in [0.1, 0.15) is 5.56 Å². The first-order valence-corrected chi connectivity index (χ1v) is 5.39. The third-order valence-corrected chi connectivity index (χ3v) is 2.81. The summed E-state index contributed by atoms with van der Waals surface area (Å²) in [5.74, 6) is 0.514. The quantitative estimate of drug-likeness (QED) is 0.690. The summed E-state index contributed by atoms with van der Waals surface area (Å²) in [7, 11) is 0. The van der Waals surface area contributed by atoms with E-state index < -0.39 is 0 Å². The minimum absolute atomic E-state index is 0.514. The van der Waals surface area contributed by atoms with Gasteiger partial charge in [-0.05, 0) is 30.7 Å². The van der Waals surface area contributed by atoms with Crippen molar-refractivity contribution >= 4 is 11.3 Å². The van der Waals surface area contributed by atoms with E-state index in [0.717, 1.165) is 22.3 Å². The van der Waals surface area contributed by atoms with Crippen molar-refractivity contribution in [1.82, 2.24) is 14.4 Å². The highest BCUT2D eigenvalue weighted by molar-refractivity contribution is 5.66. The topological polar surface area (TPSA) is 56.2 Å². The maximum absolute atomic E-state index is 5.71. The molecule has 84 valence electrons. The molecule has 0 radical (unpaired) electrons. The predicted octanol–water partition coefficient (Wildman–Crippen LogP) is 2.29. The number of nitrogen functional groups attached to an aromatic ring is 1. The number of rotatable bonds is 1. The Morgan fingerprint density at radius 1 is 1.24 bits per heavy atom. The van der Waals surface area contributed by atoms with Gasteiger partial charge < -0.3 is 10.1 Å². The fourth-order valence-electron chi connectivity index (χ4n) is 1.89. The molecule has 3 aromatic rings. The van der Waals surface area contributed by atoms with Crippen molar-refractivity contribution in [3.63, 3.8) is 0 Å². The summed E-state index contributed by atoms with van der Waals surface area (Å²) in [4.78, 5) is 8.51. The second kappa shape index (κ2) is 3.59. The van der Waals surface area contributed by atoms with Crippen molar-refractivity contribution < 1.29 is 0 Å². The molecule has 0 atom stereocenters. The summed E-state index contributed by atoms with van der Waals surface area (Å²) in [6.07, 6.45) is 7.62. The summed E-state index contributed by atoms with van der Waals surface area (Å²) < 4.78 is 2.04. The van der Waals surface area contributed by atoms with E-state index in [1.54, 1.807) is 6.20 Å². The molecule has 0 bridgehead atoms. The van der Waals surface area contributed by atoms with Gasteiger partial charge in [0.05, 0.1) is 17.4 Å². The van der Waals surface area contributed by atoms with Crippen molar-refractivity contribution in [3.8, 4) is 11.3 Å². The molecule has 0 fully saturated rings. The van der Waals surface area contributed by atoms with Crippen LogP contribution < -0.4 is 5.73 Å². The molecule has 0 unspecified atom stereocenters. The largest absolute Gasteiger partial charge is 0.384 e. The molecule has 2 N–H and O–H groups in total. The summed E-state index contributed by atoms with van der Waals surface area (Å²) in [5, 5.41) is 0. The van der Waals surface area contributed by atoms with Crippen LogP contribution in [0.5, 0.6) is 0 Å². The van der Waals surface area contributed by atoms with Crippen LogP contribution in [0.15, 0.2) is 43.0 Å². The average Bonchev–Trinajstić information content (AvgIpc) is 2.79. The van der Waals surface area contributed by atoms with Crippen molar-refractivity contribution in [2.24, 2.45) is 0 Å². The molecule has 0 aliphatic carbocycles. The van der Waals surface area contributed by atoms with E-state index in [-0.39, 0.29) is 0 Å². The Bertz CT molecular complexity index is 685. The van der Waals surface area contributed by atoms with Crippen molar-refractivity contribution in [2.75, 3.05) is 5.73 Å². The molecular weight excluding hydrogens is 212 g/mol. The lowest BCUT2D eigenvalue weighted by molar-refractivity contribution is 1.14. The molecule has 0 saturated heterocycles. The Morgan fingerprint density at radius 3 is 3.00 bits per heavy atom. The molecule has 0 saturated carbocycles. The van der Waals surface area contributed by atoms with Gasteiger partial charge in [-0.15, -0.1) is 0 Å². The van der Waals surface area contributed by atoms with E-state index in [9.17, 15) is 0 Å².